The molecule has 1 aliphatic carbocycles. The van der Waals surface area contributed by atoms with Gasteiger partial charge in [0.2, 0.25) is 0 Å². The van der Waals surface area contributed by atoms with Gasteiger partial charge in [0.05, 0.1) is 0 Å². The summed E-state index contributed by atoms with van der Waals surface area (Å²) in [6.45, 7) is 2.10. The molecule has 0 aromatic carbocycles. The molecular formula is C15H29N3S. The van der Waals surface area contributed by atoms with E-state index in [9.17, 15) is 0 Å². The van der Waals surface area contributed by atoms with Gasteiger partial charge in [-0.25, -0.2) is 0 Å². The van der Waals surface area contributed by atoms with Gasteiger partial charge < -0.3 is 5.73 Å². The van der Waals surface area contributed by atoms with Crippen molar-refractivity contribution >= 4 is 23.0 Å². The number of hydrogen-bond donors (Lipinski definition) is 2. The highest BCUT2D eigenvalue weighted by Gasteiger charge is 2.12. The van der Waals surface area contributed by atoms with E-state index in [0.717, 1.165) is 5.71 Å². The summed E-state index contributed by atoms with van der Waals surface area (Å²) in [5.74, 6) is 0.598. The summed E-state index contributed by atoms with van der Waals surface area (Å²) in [6.07, 6.45) is 15.0. The molecule has 0 amide bonds. The van der Waals surface area contributed by atoms with E-state index in [0.29, 0.717) is 5.92 Å². The lowest BCUT2D eigenvalue weighted by atomic mass is 9.90. The molecule has 0 spiro atoms. The number of hydrogen-bond acceptors (Lipinski definition) is 2. The van der Waals surface area contributed by atoms with Gasteiger partial charge in [-0.3, -0.25) is 5.43 Å². The van der Waals surface area contributed by atoms with E-state index >= 15 is 0 Å². The summed E-state index contributed by atoms with van der Waals surface area (Å²) in [4.78, 5) is 0. The number of hydrazone groups is 1. The van der Waals surface area contributed by atoms with E-state index in [1.165, 1.54) is 70.6 Å². The molecule has 1 aliphatic rings. The highest BCUT2D eigenvalue weighted by atomic mass is 32.1. The lowest BCUT2D eigenvalue weighted by Crippen LogP contribution is -2.26. The molecule has 0 unspecified atom stereocenters. The highest BCUT2D eigenvalue weighted by molar-refractivity contribution is 7.80. The van der Waals surface area contributed by atoms with Crippen molar-refractivity contribution in [3.05, 3.63) is 0 Å². The molecule has 3 N–H and O–H groups in total. The minimum absolute atomic E-state index is 0.257. The topological polar surface area (TPSA) is 50.4 Å². The van der Waals surface area contributed by atoms with E-state index in [-0.39, 0.29) is 5.11 Å². The largest absolute Gasteiger partial charge is 0.375 e. The highest BCUT2D eigenvalue weighted by Crippen LogP contribution is 2.22. The molecular weight excluding hydrogens is 254 g/mol. The lowest BCUT2D eigenvalue weighted by Gasteiger charge is -2.17. The van der Waals surface area contributed by atoms with E-state index in [2.05, 4.69) is 17.5 Å². The quantitative estimate of drug-likeness (QED) is 0.455. The van der Waals surface area contributed by atoms with Gasteiger partial charge in [-0.1, -0.05) is 57.8 Å². The smallest absolute Gasteiger partial charge is 0.184 e. The van der Waals surface area contributed by atoms with E-state index < -0.39 is 0 Å². The van der Waals surface area contributed by atoms with Crippen LogP contribution >= 0.6 is 12.2 Å². The van der Waals surface area contributed by atoms with Crippen molar-refractivity contribution in [2.75, 3.05) is 0 Å². The van der Waals surface area contributed by atoms with Crippen molar-refractivity contribution in [3.63, 3.8) is 0 Å². The molecule has 0 heterocycles. The van der Waals surface area contributed by atoms with Gasteiger partial charge in [0.15, 0.2) is 5.11 Å². The summed E-state index contributed by atoms with van der Waals surface area (Å²) in [7, 11) is 0. The molecule has 0 atom stereocenters. The summed E-state index contributed by atoms with van der Waals surface area (Å²) in [5, 5.41) is 4.57. The Labute approximate surface area is 123 Å². The summed E-state index contributed by atoms with van der Waals surface area (Å²) >= 11 is 4.80. The molecule has 0 aromatic heterocycles. The Morgan fingerprint density at radius 3 is 1.79 bits per heavy atom. The van der Waals surface area contributed by atoms with Crippen molar-refractivity contribution < 1.29 is 0 Å². The van der Waals surface area contributed by atoms with E-state index in [1.807, 2.05) is 0 Å². The average molecular weight is 283 g/mol. The van der Waals surface area contributed by atoms with Gasteiger partial charge in [-0.15, -0.1) is 0 Å². The Kier molecular flexibility index (Phi) is 8.80. The first-order valence-electron chi connectivity index (χ1n) is 7.80. The lowest BCUT2D eigenvalue weighted by molar-refractivity contribution is 0.463. The number of thiocarbonyl (C=S) groups is 1. The molecule has 0 bridgehead atoms. The minimum atomic E-state index is 0.257. The van der Waals surface area contributed by atoms with Crippen LogP contribution in [0, 0.1) is 5.92 Å². The maximum atomic E-state index is 5.42. The van der Waals surface area contributed by atoms with Crippen LogP contribution in [-0.4, -0.2) is 10.8 Å². The number of rotatable bonds is 2. The molecule has 0 saturated heterocycles. The second-order valence-corrected chi connectivity index (χ2v) is 6.13. The molecule has 110 valence electrons. The molecule has 19 heavy (non-hydrogen) atoms. The summed E-state index contributed by atoms with van der Waals surface area (Å²) in [6, 6.07) is 0. The molecule has 1 saturated carbocycles. The first kappa shape index (κ1) is 16.4. The molecule has 1 rings (SSSR count). The normalized spacial score (nSPS) is 21.2. The van der Waals surface area contributed by atoms with Crippen LogP contribution in [0.1, 0.15) is 77.6 Å². The molecule has 4 heteroatoms. The number of nitrogens with zero attached hydrogens (tertiary/aromatic N) is 1. The Balaban J connectivity index is 2.45. The zero-order valence-electron chi connectivity index (χ0n) is 12.3. The Bertz CT molecular complexity index is 277. The van der Waals surface area contributed by atoms with Crippen molar-refractivity contribution in [3.8, 4) is 0 Å². The van der Waals surface area contributed by atoms with Gasteiger partial charge >= 0.3 is 0 Å². The second-order valence-electron chi connectivity index (χ2n) is 5.69. The Morgan fingerprint density at radius 1 is 0.947 bits per heavy atom. The van der Waals surface area contributed by atoms with E-state index in [4.69, 9.17) is 18.0 Å². The van der Waals surface area contributed by atoms with Crippen LogP contribution in [0.2, 0.25) is 0 Å². The van der Waals surface area contributed by atoms with Crippen LogP contribution < -0.4 is 11.2 Å². The predicted molar refractivity (Wildman–Crippen MR) is 87.3 cm³/mol. The van der Waals surface area contributed by atoms with Crippen molar-refractivity contribution in [2.24, 2.45) is 16.8 Å². The Morgan fingerprint density at radius 2 is 1.37 bits per heavy atom. The maximum absolute atomic E-state index is 5.42. The minimum Gasteiger partial charge on any atom is -0.375 e. The zero-order chi connectivity index (χ0) is 13.9. The van der Waals surface area contributed by atoms with Crippen LogP contribution in [0.3, 0.4) is 0 Å². The standard InChI is InChI=1S/C15H29N3S/c1-13(17-18-15(16)19)14-11-9-7-5-3-2-4-6-8-10-12-14/h14H,2-12H2,1H3,(H3,16,18,19)/b17-13-. The molecule has 0 radical (unpaired) electrons. The van der Waals surface area contributed by atoms with Crippen LogP contribution in [-0.2, 0) is 0 Å². The van der Waals surface area contributed by atoms with Crippen molar-refractivity contribution in [1.82, 2.24) is 5.43 Å². The third kappa shape index (κ3) is 8.19. The fourth-order valence-corrected chi connectivity index (χ4v) is 2.86. The molecule has 1 fully saturated rings. The SMILES string of the molecule is C/C(=N/NC(N)=S)C1CCCCCCCCCCC1. The maximum Gasteiger partial charge on any atom is 0.184 e. The fraction of sp³-hybridized carbons (Fsp3) is 0.867. The average Bonchev–Trinajstić information content (AvgIpc) is 2.36. The predicted octanol–water partition coefficient (Wildman–Crippen LogP) is 4.12. The van der Waals surface area contributed by atoms with Crippen molar-refractivity contribution in [2.45, 2.75) is 77.6 Å². The molecule has 0 aromatic rings. The number of nitrogens with one attached hydrogen (secondary N) is 1. The van der Waals surface area contributed by atoms with Gasteiger partial charge in [0.1, 0.15) is 0 Å². The number of nitrogens with two attached hydrogens (primary N) is 1. The first-order valence-corrected chi connectivity index (χ1v) is 8.20. The second kappa shape index (κ2) is 10.2. The van der Waals surface area contributed by atoms with Crippen molar-refractivity contribution in [1.29, 1.82) is 0 Å². The van der Waals surface area contributed by atoms with Gasteiger partial charge in [0, 0.05) is 5.71 Å². The van der Waals surface area contributed by atoms with E-state index in [1.54, 1.807) is 0 Å². The molecule has 0 aliphatic heterocycles. The first-order chi connectivity index (χ1) is 9.20. The summed E-state index contributed by atoms with van der Waals surface area (Å²) in [5.41, 5.74) is 9.31. The third-order valence-electron chi connectivity index (χ3n) is 4.04. The van der Waals surface area contributed by atoms with Crippen LogP contribution in [0.4, 0.5) is 0 Å². The third-order valence-corrected chi connectivity index (χ3v) is 4.13. The van der Waals surface area contributed by atoms with Crippen LogP contribution in [0.15, 0.2) is 5.10 Å². The van der Waals surface area contributed by atoms with Gasteiger partial charge in [0.25, 0.3) is 0 Å². The summed E-state index contributed by atoms with van der Waals surface area (Å²) < 4.78 is 0. The zero-order valence-corrected chi connectivity index (χ0v) is 13.1. The monoisotopic (exact) mass is 283 g/mol. The molecule has 3 nitrogen and oxygen atoms in total. The van der Waals surface area contributed by atoms with Crippen LogP contribution in [0.5, 0.6) is 0 Å². The van der Waals surface area contributed by atoms with Gasteiger partial charge in [-0.05, 0) is 37.9 Å². The Hall–Kier alpha value is -0.640. The van der Waals surface area contributed by atoms with Crippen LogP contribution in [0.25, 0.3) is 0 Å². The van der Waals surface area contributed by atoms with Gasteiger partial charge in [-0.2, -0.15) is 5.10 Å². The fourth-order valence-electron chi connectivity index (χ4n) is 2.82.